The van der Waals surface area contributed by atoms with Crippen molar-refractivity contribution in [3.63, 3.8) is 0 Å². The highest BCUT2D eigenvalue weighted by Crippen LogP contribution is 2.19. The summed E-state index contributed by atoms with van der Waals surface area (Å²) in [6, 6.07) is 6.83. The van der Waals surface area contributed by atoms with E-state index in [9.17, 15) is 8.42 Å². The Bertz CT molecular complexity index is 530. The quantitative estimate of drug-likeness (QED) is 0.786. The minimum atomic E-state index is -3.51. The van der Waals surface area contributed by atoms with Crippen LogP contribution in [0.5, 0.6) is 0 Å². The third-order valence-corrected chi connectivity index (χ3v) is 5.13. The van der Waals surface area contributed by atoms with Crippen LogP contribution in [-0.2, 0) is 21.3 Å². The molecule has 1 saturated heterocycles. The number of nitrogens with one attached hydrogen (secondary N) is 1. The maximum atomic E-state index is 12.5. The van der Waals surface area contributed by atoms with Crippen LogP contribution in [0.2, 0.25) is 0 Å². The first-order valence-electron chi connectivity index (χ1n) is 6.54. The number of hydrogen-bond acceptors (Lipinski definition) is 5. The van der Waals surface area contributed by atoms with Crippen molar-refractivity contribution in [2.75, 3.05) is 33.4 Å². The van der Waals surface area contributed by atoms with Gasteiger partial charge >= 0.3 is 0 Å². The van der Waals surface area contributed by atoms with Gasteiger partial charge in [-0.15, -0.1) is 0 Å². The molecule has 1 atom stereocenters. The van der Waals surface area contributed by atoms with E-state index in [-0.39, 0.29) is 18.0 Å². The van der Waals surface area contributed by atoms with Crippen LogP contribution in [0.15, 0.2) is 29.2 Å². The third-order valence-electron chi connectivity index (χ3n) is 3.25. The molecule has 0 bridgehead atoms. The normalized spacial score (nSPS) is 21.0. The molecule has 0 radical (unpaired) electrons. The first-order valence-corrected chi connectivity index (χ1v) is 7.98. The van der Waals surface area contributed by atoms with Crippen molar-refractivity contribution >= 4 is 10.0 Å². The summed E-state index contributed by atoms with van der Waals surface area (Å²) >= 11 is 0. The zero-order valence-electron chi connectivity index (χ0n) is 11.4. The summed E-state index contributed by atoms with van der Waals surface area (Å²) in [4.78, 5) is 0.274. The van der Waals surface area contributed by atoms with Gasteiger partial charge in [0.25, 0.3) is 0 Å². The molecule has 112 valence electrons. The number of ether oxygens (including phenoxy) is 1. The summed E-state index contributed by atoms with van der Waals surface area (Å²) in [6.45, 7) is 1.34. The van der Waals surface area contributed by atoms with Crippen LogP contribution in [0.3, 0.4) is 0 Å². The second-order valence-electron chi connectivity index (χ2n) is 4.71. The van der Waals surface area contributed by atoms with E-state index in [4.69, 9.17) is 9.84 Å². The summed E-state index contributed by atoms with van der Waals surface area (Å²) < 4.78 is 31.6. The van der Waals surface area contributed by atoms with Gasteiger partial charge in [0, 0.05) is 19.6 Å². The fraction of sp³-hybridized carbons (Fsp3) is 0.538. The van der Waals surface area contributed by atoms with Gasteiger partial charge < -0.3 is 15.2 Å². The third kappa shape index (κ3) is 3.36. The van der Waals surface area contributed by atoms with Gasteiger partial charge in [-0.1, -0.05) is 12.1 Å². The maximum Gasteiger partial charge on any atom is 0.243 e. The van der Waals surface area contributed by atoms with E-state index in [1.54, 1.807) is 24.3 Å². The van der Waals surface area contributed by atoms with Gasteiger partial charge in [0.1, 0.15) is 0 Å². The number of aliphatic hydroxyl groups is 1. The van der Waals surface area contributed by atoms with Gasteiger partial charge in [0.2, 0.25) is 10.0 Å². The lowest BCUT2D eigenvalue weighted by atomic mass is 10.2. The molecule has 1 aromatic rings. The van der Waals surface area contributed by atoms with E-state index < -0.39 is 16.1 Å². The van der Waals surface area contributed by atoms with Crippen LogP contribution >= 0.6 is 0 Å². The molecule has 20 heavy (non-hydrogen) atoms. The molecule has 1 aliphatic heterocycles. The number of benzene rings is 1. The highest BCUT2D eigenvalue weighted by molar-refractivity contribution is 7.89. The lowest BCUT2D eigenvalue weighted by Gasteiger charge is -2.31. The summed E-state index contributed by atoms with van der Waals surface area (Å²) in [5.41, 5.74) is 1.03. The van der Waals surface area contributed by atoms with Crippen molar-refractivity contribution in [3.8, 4) is 0 Å². The number of sulfonamides is 1. The Kier molecular flexibility index (Phi) is 5.11. The Hall–Kier alpha value is -0.990. The first-order chi connectivity index (χ1) is 9.57. The molecule has 1 unspecified atom stereocenters. The molecule has 0 spiro atoms. The lowest BCUT2D eigenvalue weighted by Crippen LogP contribution is -2.46. The van der Waals surface area contributed by atoms with Crippen LogP contribution in [0.1, 0.15) is 5.56 Å². The van der Waals surface area contributed by atoms with Crippen LogP contribution < -0.4 is 5.32 Å². The minimum Gasteiger partial charge on any atom is -0.394 e. The first kappa shape index (κ1) is 15.4. The zero-order chi connectivity index (χ0) is 14.6. The molecule has 2 N–H and O–H groups in total. The van der Waals surface area contributed by atoms with Crippen LogP contribution in [0.25, 0.3) is 0 Å². The molecular weight excluding hydrogens is 280 g/mol. The Morgan fingerprint density at radius 3 is 2.70 bits per heavy atom. The van der Waals surface area contributed by atoms with Crippen molar-refractivity contribution in [3.05, 3.63) is 29.8 Å². The Labute approximate surface area is 119 Å². The van der Waals surface area contributed by atoms with E-state index in [1.165, 1.54) is 4.31 Å². The van der Waals surface area contributed by atoms with E-state index in [0.717, 1.165) is 5.56 Å². The molecule has 1 heterocycles. The molecule has 0 aliphatic carbocycles. The SMILES string of the molecule is CNCc1ccc(S(=O)(=O)N2CCOC(CO)C2)cc1. The van der Waals surface area contributed by atoms with Gasteiger partial charge in [-0.2, -0.15) is 4.31 Å². The van der Waals surface area contributed by atoms with E-state index >= 15 is 0 Å². The predicted molar refractivity (Wildman–Crippen MR) is 74.8 cm³/mol. The monoisotopic (exact) mass is 300 g/mol. The Balaban J connectivity index is 2.16. The van der Waals surface area contributed by atoms with Crippen molar-refractivity contribution in [2.24, 2.45) is 0 Å². The number of hydrogen-bond donors (Lipinski definition) is 2. The molecular formula is C13H20N2O4S. The molecule has 1 aliphatic rings. The lowest BCUT2D eigenvalue weighted by molar-refractivity contribution is -0.0304. The van der Waals surface area contributed by atoms with Gasteiger partial charge in [-0.25, -0.2) is 8.42 Å². The van der Waals surface area contributed by atoms with Gasteiger partial charge in [-0.3, -0.25) is 0 Å². The van der Waals surface area contributed by atoms with E-state index in [1.807, 2.05) is 7.05 Å². The van der Waals surface area contributed by atoms with E-state index in [0.29, 0.717) is 19.7 Å². The van der Waals surface area contributed by atoms with Crippen molar-refractivity contribution < 1.29 is 18.3 Å². The number of nitrogens with zero attached hydrogens (tertiary/aromatic N) is 1. The number of rotatable bonds is 5. The fourth-order valence-corrected chi connectivity index (χ4v) is 3.61. The molecule has 0 saturated carbocycles. The highest BCUT2D eigenvalue weighted by atomic mass is 32.2. The molecule has 0 amide bonds. The van der Waals surface area contributed by atoms with Crippen LogP contribution in [0.4, 0.5) is 0 Å². The predicted octanol–water partition coefficient (Wildman–Crippen LogP) is -0.212. The Morgan fingerprint density at radius 2 is 2.10 bits per heavy atom. The number of morpholine rings is 1. The fourth-order valence-electron chi connectivity index (χ4n) is 2.15. The zero-order valence-corrected chi connectivity index (χ0v) is 12.3. The smallest absolute Gasteiger partial charge is 0.243 e. The van der Waals surface area contributed by atoms with Gasteiger partial charge in [-0.05, 0) is 24.7 Å². The summed E-state index contributed by atoms with van der Waals surface area (Å²) in [7, 11) is -1.67. The molecule has 1 fully saturated rings. The maximum absolute atomic E-state index is 12.5. The average molecular weight is 300 g/mol. The second kappa shape index (κ2) is 6.64. The van der Waals surface area contributed by atoms with Crippen LogP contribution in [0, 0.1) is 0 Å². The van der Waals surface area contributed by atoms with Crippen molar-refractivity contribution in [2.45, 2.75) is 17.5 Å². The van der Waals surface area contributed by atoms with Crippen LogP contribution in [-0.4, -0.2) is 57.3 Å². The van der Waals surface area contributed by atoms with E-state index in [2.05, 4.69) is 5.32 Å². The van der Waals surface area contributed by atoms with Gasteiger partial charge in [0.05, 0.1) is 24.2 Å². The molecule has 7 heteroatoms. The van der Waals surface area contributed by atoms with Crippen molar-refractivity contribution in [1.29, 1.82) is 0 Å². The van der Waals surface area contributed by atoms with Crippen molar-refractivity contribution in [1.82, 2.24) is 9.62 Å². The summed E-state index contributed by atoms with van der Waals surface area (Å²) in [5, 5.41) is 12.1. The molecule has 6 nitrogen and oxygen atoms in total. The molecule has 2 rings (SSSR count). The minimum absolute atomic E-state index is 0.173. The van der Waals surface area contributed by atoms with Gasteiger partial charge in [0.15, 0.2) is 0 Å². The Morgan fingerprint density at radius 1 is 1.40 bits per heavy atom. The summed E-state index contributed by atoms with van der Waals surface area (Å²) in [6.07, 6.45) is -0.443. The summed E-state index contributed by atoms with van der Waals surface area (Å²) in [5.74, 6) is 0. The topological polar surface area (TPSA) is 78.9 Å². The average Bonchev–Trinajstić information content (AvgIpc) is 2.48. The largest absolute Gasteiger partial charge is 0.394 e. The molecule has 0 aromatic heterocycles. The second-order valence-corrected chi connectivity index (χ2v) is 6.65. The number of aliphatic hydroxyl groups excluding tert-OH is 1. The molecule has 1 aromatic carbocycles. The highest BCUT2D eigenvalue weighted by Gasteiger charge is 2.30. The standard InChI is InChI=1S/C13H20N2O4S/c1-14-8-11-2-4-13(5-3-11)20(17,18)15-6-7-19-12(9-15)10-16/h2-5,12,14,16H,6-10H2,1H3.